The van der Waals surface area contributed by atoms with Gasteiger partial charge in [-0.2, -0.15) is 0 Å². The van der Waals surface area contributed by atoms with Crippen molar-refractivity contribution >= 4 is 29.9 Å². The van der Waals surface area contributed by atoms with Crippen molar-refractivity contribution in [1.82, 2.24) is 15.5 Å². The Hall–Kier alpha value is -0.0800. The van der Waals surface area contributed by atoms with Crippen molar-refractivity contribution in [2.45, 2.75) is 45.2 Å². The number of methoxy groups -OCH3 is 1. The maximum absolute atomic E-state index is 5.17. The molecule has 1 rings (SSSR count). The van der Waals surface area contributed by atoms with Crippen molar-refractivity contribution in [2.24, 2.45) is 4.99 Å². The third-order valence-corrected chi connectivity index (χ3v) is 3.56. The number of ether oxygens (including phenoxy) is 1. The van der Waals surface area contributed by atoms with Gasteiger partial charge in [0.05, 0.1) is 6.61 Å². The first kappa shape index (κ1) is 19.9. The molecule has 0 aromatic carbocycles. The highest BCUT2D eigenvalue weighted by Gasteiger charge is 2.28. The molecule has 0 spiro atoms. The first-order valence-electron chi connectivity index (χ1n) is 7.41. The zero-order valence-electron chi connectivity index (χ0n) is 13.3. The number of hydrogen-bond donors (Lipinski definition) is 2. The van der Waals surface area contributed by atoms with Crippen LogP contribution in [-0.4, -0.2) is 63.3 Å². The lowest BCUT2D eigenvalue weighted by Gasteiger charge is -2.23. The first-order chi connectivity index (χ1) is 9.21. The van der Waals surface area contributed by atoms with Crippen molar-refractivity contribution in [2.75, 3.05) is 40.4 Å². The largest absolute Gasteiger partial charge is 0.383 e. The Morgan fingerprint density at radius 2 is 2.10 bits per heavy atom. The molecule has 1 aliphatic carbocycles. The number of aliphatic imine (C=N–C) groups is 1. The van der Waals surface area contributed by atoms with Crippen molar-refractivity contribution in [1.29, 1.82) is 0 Å². The van der Waals surface area contributed by atoms with Crippen LogP contribution in [-0.2, 0) is 4.74 Å². The number of hydrogen-bond acceptors (Lipinski definition) is 3. The maximum Gasteiger partial charge on any atom is 0.191 e. The Balaban J connectivity index is 0.00000361. The molecule has 1 saturated carbocycles. The zero-order chi connectivity index (χ0) is 14.1. The van der Waals surface area contributed by atoms with E-state index in [9.17, 15) is 0 Å². The third-order valence-electron chi connectivity index (χ3n) is 3.56. The molecule has 0 aliphatic heterocycles. The van der Waals surface area contributed by atoms with Gasteiger partial charge >= 0.3 is 0 Å². The van der Waals surface area contributed by atoms with E-state index < -0.39 is 0 Å². The second kappa shape index (κ2) is 11.6. The van der Waals surface area contributed by atoms with Crippen LogP contribution < -0.4 is 10.6 Å². The van der Waals surface area contributed by atoms with Gasteiger partial charge in [-0.05, 0) is 26.2 Å². The average molecular weight is 398 g/mol. The normalized spacial score (nSPS) is 16.8. The molecule has 5 nitrogen and oxygen atoms in total. The SMILES string of the molecule is CCC(C)NC(=NC)NCCN(CCOC)C1CC1.I. The van der Waals surface area contributed by atoms with Crippen LogP contribution in [0.1, 0.15) is 33.1 Å². The van der Waals surface area contributed by atoms with Crippen molar-refractivity contribution in [3.8, 4) is 0 Å². The quantitative estimate of drug-likeness (QED) is 0.353. The molecule has 1 fully saturated rings. The lowest BCUT2D eigenvalue weighted by Crippen LogP contribution is -2.45. The molecule has 0 aromatic rings. The van der Waals surface area contributed by atoms with E-state index in [4.69, 9.17) is 4.74 Å². The fraction of sp³-hybridized carbons (Fsp3) is 0.929. The fourth-order valence-corrected chi connectivity index (χ4v) is 1.97. The van der Waals surface area contributed by atoms with Gasteiger partial charge in [0.1, 0.15) is 0 Å². The summed E-state index contributed by atoms with van der Waals surface area (Å²) in [6.07, 6.45) is 3.77. The van der Waals surface area contributed by atoms with Gasteiger partial charge in [-0.25, -0.2) is 0 Å². The van der Waals surface area contributed by atoms with Gasteiger partial charge in [-0.15, -0.1) is 24.0 Å². The van der Waals surface area contributed by atoms with E-state index >= 15 is 0 Å². The minimum Gasteiger partial charge on any atom is -0.383 e. The van der Waals surface area contributed by atoms with Gasteiger partial charge in [0.25, 0.3) is 0 Å². The van der Waals surface area contributed by atoms with Gasteiger partial charge in [-0.3, -0.25) is 9.89 Å². The summed E-state index contributed by atoms with van der Waals surface area (Å²) in [5, 5.41) is 6.75. The number of nitrogens with one attached hydrogen (secondary N) is 2. The molecule has 0 aromatic heterocycles. The smallest absolute Gasteiger partial charge is 0.191 e. The van der Waals surface area contributed by atoms with Gasteiger partial charge in [0.2, 0.25) is 0 Å². The van der Waals surface area contributed by atoms with Crippen molar-refractivity contribution < 1.29 is 4.74 Å². The van der Waals surface area contributed by atoms with Gasteiger partial charge in [0.15, 0.2) is 5.96 Å². The Morgan fingerprint density at radius 3 is 2.60 bits per heavy atom. The highest BCUT2D eigenvalue weighted by atomic mass is 127. The van der Waals surface area contributed by atoms with Crippen molar-refractivity contribution in [3.63, 3.8) is 0 Å². The lowest BCUT2D eigenvalue weighted by molar-refractivity contribution is 0.144. The predicted octanol–water partition coefficient (Wildman–Crippen LogP) is 1.68. The Bertz CT molecular complexity index is 272. The summed E-state index contributed by atoms with van der Waals surface area (Å²) in [6, 6.07) is 1.24. The zero-order valence-corrected chi connectivity index (χ0v) is 15.6. The number of guanidine groups is 1. The van der Waals surface area contributed by atoms with E-state index in [0.717, 1.165) is 44.7 Å². The topological polar surface area (TPSA) is 48.9 Å². The van der Waals surface area contributed by atoms with E-state index in [1.807, 2.05) is 7.05 Å². The van der Waals surface area contributed by atoms with E-state index in [0.29, 0.717) is 6.04 Å². The van der Waals surface area contributed by atoms with Crippen LogP contribution in [0.5, 0.6) is 0 Å². The molecule has 120 valence electrons. The van der Waals surface area contributed by atoms with E-state index in [2.05, 4.69) is 34.4 Å². The molecule has 0 bridgehead atoms. The Labute approximate surface area is 140 Å². The molecular formula is C14H31IN4O. The molecule has 6 heteroatoms. The molecule has 0 radical (unpaired) electrons. The summed E-state index contributed by atoms with van der Waals surface area (Å²) in [6.45, 7) is 8.16. The second-order valence-corrected chi connectivity index (χ2v) is 5.21. The molecule has 0 heterocycles. The van der Waals surface area contributed by atoms with Crippen LogP contribution in [0.15, 0.2) is 4.99 Å². The standard InChI is InChI=1S/C14H30N4O.HI/c1-5-12(2)17-14(15-3)16-8-9-18(10-11-19-4)13-6-7-13;/h12-13H,5-11H2,1-4H3,(H2,15,16,17);1H. The average Bonchev–Trinajstić information content (AvgIpc) is 3.25. The monoisotopic (exact) mass is 398 g/mol. The second-order valence-electron chi connectivity index (χ2n) is 5.21. The molecule has 0 amide bonds. The van der Waals surface area contributed by atoms with Crippen molar-refractivity contribution in [3.05, 3.63) is 0 Å². The molecule has 1 unspecified atom stereocenters. The molecule has 2 N–H and O–H groups in total. The van der Waals surface area contributed by atoms with Crippen LogP contribution in [0.25, 0.3) is 0 Å². The highest BCUT2D eigenvalue weighted by Crippen LogP contribution is 2.25. The van der Waals surface area contributed by atoms with Gasteiger partial charge in [-0.1, -0.05) is 6.92 Å². The lowest BCUT2D eigenvalue weighted by atomic mass is 10.3. The van der Waals surface area contributed by atoms with Crippen LogP contribution >= 0.6 is 24.0 Å². The summed E-state index contributed by atoms with van der Waals surface area (Å²) >= 11 is 0. The number of halogens is 1. The summed E-state index contributed by atoms with van der Waals surface area (Å²) in [5.41, 5.74) is 0. The summed E-state index contributed by atoms with van der Waals surface area (Å²) in [5.74, 6) is 0.900. The van der Waals surface area contributed by atoms with E-state index in [1.165, 1.54) is 12.8 Å². The molecular weight excluding hydrogens is 367 g/mol. The summed E-state index contributed by atoms with van der Waals surface area (Å²) in [4.78, 5) is 6.75. The van der Waals surface area contributed by atoms with Crippen LogP contribution in [0.3, 0.4) is 0 Å². The van der Waals surface area contributed by atoms with Crippen LogP contribution in [0.4, 0.5) is 0 Å². The fourth-order valence-electron chi connectivity index (χ4n) is 1.97. The Kier molecular flexibility index (Phi) is 11.5. The predicted molar refractivity (Wildman–Crippen MR) is 96.1 cm³/mol. The van der Waals surface area contributed by atoms with Gasteiger partial charge in [0, 0.05) is 45.9 Å². The molecule has 20 heavy (non-hydrogen) atoms. The third kappa shape index (κ3) is 8.26. The maximum atomic E-state index is 5.17. The van der Waals surface area contributed by atoms with Crippen LogP contribution in [0.2, 0.25) is 0 Å². The molecule has 1 atom stereocenters. The summed E-state index contributed by atoms with van der Waals surface area (Å²) in [7, 11) is 3.59. The summed E-state index contributed by atoms with van der Waals surface area (Å²) < 4.78 is 5.17. The molecule has 1 aliphatic rings. The minimum atomic E-state index is 0. The molecule has 0 saturated heterocycles. The number of rotatable bonds is 9. The minimum absolute atomic E-state index is 0. The number of nitrogens with zero attached hydrogens (tertiary/aromatic N) is 2. The highest BCUT2D eigenvalue weighted by molar-refractivity contribution is 14.0. The van der Waals surface area contributed by atoms with E-state index in [1.54, 1.807) is 7.11 Å². The van der Waals surface area contributed by atoms with Gasteiger partial charge < -0.3 is 15.4 Å². The van der Waals surface area contributed by atoms with E-state index in [-0.39, 0.29) is 24.0 Å². The Morgan fingerprint density at radius 1 is 1.40 bits per heavy atom. The van der Waals surface area contributed by atoms with Crippen LogP contribution in [0, 0.1) is 0 Å². The first-order valence-corrected chi connectivity index (χ1v) is 7.41.